The molecule has 2 fully saturated rings. The number of piperazine rings is 1. The van der Waals surface area contributed by atoms with Crippen LogP contribution >= 0.6 is 34.8 Å². The Morgan fingerprint density at radius 1 is 0.824 bits per heavy atom. The highest BCUT2D eigenvalue weighted by Gasteiger charge is 2.32. The number of halogens is 3. The van der Waals surface area contributed by atoms with E-state index in [9.17, 15) is 0 Å². The number of nitrogens with zero attached hydrogens (tertiary/aromatic N) is 3. The number of hydrogen-bond acceptors (Lipinski definition) is 3. The lowest BCUT2D eigenvalue weighted by Gasteiger charge is -2.44. The highest BCUT2D eigenvalue weighted by molar-refractivity contribution is 6.35. The van der Waals surface area contributed by atoms with Crippen LogP contribution in [0.4, 0.5) is 5.69 Å². The summed E-state index contributed by atoms with van der Waals surface area (Å²) < 4.78 is 0. The second kappa shape index (κ2) is 11.4. The molecule has 2 heterocycles. The van der Waals surface area contributed by atoms with Gasteiger partial charge in [-0.25, -0.2) is 0 Å². The monoisotopic (exact) mass is 521 g/mol. The largest absolute Gasteiger partial charge is 0.364 e. The first-order valence-corrected chi connectivity index (χ1v) is 13.7. The average Bonchev–Trinajstić information content (AvgIpc) is 2.79. The number of hydrogen-bond donors (Lipinski definition) is 0. The Balaban J connectivity index is 1.41. The Labute approximate surface area is 221 Å². The van der Waals surface area contributed by atoms with Crippen molar-refractivity contribution in [2.75, 3.05) is 50.7 Å². The summed E-state index contributed by atoms with van der Waals surface area (Å²) in [6.45, 7) is 15.1. The number of piperidine rings is 1. The molecule has 4 rings (SSSR count). The minimum absolute atomic E-state index is 0.247. The third-order valence-corrected chi connectivity index (χ3v) is 8.13. The summed E-state index contributed by atoms with van der Waals surface area (Å²) in [5, 5.41) is 2.20. The van der Waals surface area contributed by atoms with Crippen molar-refractivity contribution in [3.8, 4) is 0 Å². The quantitative estimate of drug-likeness (QED) is 0.385. The van der Waals surface area contributed by atoms with E-state index in [1.165, 1.54) is 51.3 Å². The van der Waals surface area contributed by atoms with Gasteiger partial charge in [-0.15, -0.1) is 0 Å². The average molecular weight is 523 g/mol. The molecule has 0 aliphatic carbocycles. The Kier molecular flexibility index (Phi) is 8.75. The van der Waals surface area contributed by atoms with Gasteiger partial charge in [0.05, 0.1) is 6.04 Å². The van der Waals surface area contributed by atoms with Gasteiger partial charge in [0.1, 0.15) is 0 Å². The summed E-state index contributed by atoms with van der Waals surface area (Å²) in [7, 11) is 0. The van der Waals surface area contributed by atoms with Crippen molar-refractivity contribution in [2.24, 2.45) is 11.3 Å². The summed E-state index contributed by atoms with van der Waals surface area (Å²) in [4.78, 5) is 7.84. The van der Waals surface area contributed by atoms with Crippen molar-refractivity contribution in [2.45, 2.75) is 46.1 Å². The van der Waals surface area contributed by atoms with E-state index in [4.69, 9.17) is 34.8 Å². The molecule has 0 spiro atoms. The number of rotatable bonds is 6. The lowest BCUT2D eigenvalue weighted by Crippen LogP contribution is -2.50. The fourth-order valence-corrected chi connectivity index (χ4v) is 5.92. The Bertz CT molecular complexity index is 933. The maximum absolute atomic E-state index is 6.66. The molecule has 0 aromatic heterocycles. The van der Waals surface area contributed by atoms with E-state index in [1.54, 1.807) is 0 Å². The van der Waals surface area contributed by atoms with Crippen molar-refractivity contribution in [1.29, 1.82) is 0 Å². The van der Waals surface area contributed by atoms with Gasteiger partial charge in [0, 0.05) is 60.0 Å². The molecule has 0 N–H and O–H groups in total. The van der Waals surface area contributed by atoms with Crippen molar-refractivity contribution in [3.05, 3.63) is 63.1 Å². The van der Waals surface area contributed by atoms with Crippen molar-refractivity contribution in [3.63, 3.8) is 0 Å². The first kappa shape index (κ1) is 26.1. The molecule has 3 nitrogen and oxygen atoms in total. The van der Waals surface area contributed by atoms with Crippen LogP contribution in [0.3, 0.4) is 0 Å². The first-order valence-electron chi connectivity index (χ1n) is 12.6. The highest BCUT2D eigenvalue weighted by Crippen LogP contribution is 2.40. The van der Waals surface area contributed by atoms with Crippen molar-refractivity contribution >= 4 is 40.5 Å². The number of benzene rings is 2. The molecule has 2 aliphatic heterocycles. The van der Waals surface area contributed by atoms with E-state index in [-0.39, 0.29) is 6.04 Å². The lowest BCUT2D eigenvalue weighted by molar-refractivity contribution is 0.104. The predicted molar refractivity (Wildman–Crippen MR) is 148 cm³/mol. The minimum atomic E-state index is 0.247. The van der Waals surface area contributed by atoms with Crippen LogP contribution in [-0.2, 0) is 0 Å². The van der Waals surface area contributed by atoms with E-state index in [1.807, 2.05) is 24.3 Å². The fourth-order valence-electron chi connectivity index (χ4n) is 5.26. The molecular formula is C28H38Cl3N3. The Hall–Kier alpha value is -0.970. The third kappa shape index (κ3) is 7.04. The molecule has 2 aliphatic rings. The van der Waals surface area contributed by atoms with E-state index in [0.29, 0.717) is 16.4 Å². The molecule has 2 atom stereocenters. The second-order valence-corrected chi connectivity index (χ2v) is 12.5. The molecule has 0 amide bonds. The van der Waals surface area contributed by atoms with Gasteiger partial charge >= 0.3 is 0 Å². The zero-order valence-electron chi connectivity index (χ0n) is 20.7. The fraction of sp³-hybridized carbons (Fsp3) is 0.571. The van der Waals surface area contributed by atoms with Gasteiger partial charge < -0.3 is 14.7 Å². The molecule has 0 bridgehead atoms. The smallest absolute Gasteiger partial charge is 0.0557 e. The lowest BCUT2D eigenvalue weighted by atomic mass is 9.88. The molecule has 6 heteroatoms. The normalized spacial score (nSPS) is 22.8. The van der Waals surface area contributed by atoms with Crippen LogP contribution in [0.1, 0.15) is 51.6 Å². The molecule has 2 aromatic carbocycles. The topological polar surface area (TPSA) is 9.72 Å². The van der Waals surface area contributed by atoms with E-state index in [2.05, 4.69) is 53.7 Å². The zero-order chi connectivity index (χ0) is 24.3. The summed E-state index contributed by atoms with van der Waals surface area (Å²) in [6, 6.07) is 14.4. The molecule has 0 radical (unpaired) electrons. The van der Waals surface area contributed by atoms with Gasteiger partial charge in [0.2, 0.25) is 0 Å². The van der Waals surface area contributed by atoms with Crippen LogP contribution < -0.4 is 4.90 Å². The standard InChI is InChI=1S/C28H38Cl3N3/c1-28(2,3)12-13-32-14-16-33(17-15-32)19-21-4-11-27(25-10-7-23(30)18-26(25)31)34(20-21)24-8-5-22(29)6-9-24/h5-10,18,21,27H,4,11-17,19-20H2,1-3H3/t21-,27-/m0/s1. The van der Waals surface area contributed by atoms with Crippen LogP contribution in [0.25, 0.3) is 0 Å². The summed E-state index contributed by atoms with van der Waals surface area (Å²) in [5.74, 6) is 0.638. The maximum atomic E-state index is 6.66. The summed E-state index contributed by atoms with van der Waals surface area (Å²) in [6.07, 6.45) is 3.55. The van der Waals surface area contributed by atoms with Gasteiger partial charge in [-0.05, 0) is 79.1 Å². The van der Waals surface area contributed by atoms with Crippen LogP contribution in [0, 0.1) is 11.3 Å². The van der Waals surface area contributed by atoms with Gasteiger partial charge in [-0.3, -0.25) is 0 Å². The molecule has 2 saturated heterocycles. The molecular weight excluding hydrogens is 485 g/mol. The minimum Gasteiger partial charge on any atom is -0.364 e. The van der Waals surface area contributed by atoms with Crippen LogP contribution in [0.5, 0.6) is 0 Å². The molecule has 0 saturated carbocycles. The third-order valence-electron chi connectivity index (χ3n) is 7.32. The van der Waals surface area contributed by atoms with Gasteiger partial charge in [-0.2, -0.15) is 0 Å². The Morgan fingerprint density at radius 2 is 1.47 bits per heavy atom. The maximum Gasteiger partial charge on any atom is 0.0557 e. The molecule has 0 unspecified atom stereocenters. The van der Waals surface area contributed by atoms with Crippen LogP contribution in [0.2, 0.25) is 15.1 Å². The number of anilines is 1. The summed E-state index contributed by atoms with van der Waals surface area (Å²) in [5.41, 5.74) is 2.78. The van der Waals surface area contributed by atoms with E-state index in [0.717, 1.165) is 35.1 Å². The van der Waals surface area contributed by atoms with Gasteiger partial charge in [0.25, 0.3) is 0 Å². The first-order chi connectivity index (χ1) is 16.2. The predicted octanol–water partition coefficient (Wildman–Crippen LogP) is 7.66. The zero-order valence-corrected chi connectivity index (χ0v) is 23.0. The van der Waals surface area contributed by atoms with Gasteiger partial charge in [0.15, 0.2) is 0 Å². The van der Waals surface area contributed by atoms with Crippen LogP contribution in [-0.4, -0.2) is 55.6 Å². The molecule has 34 heavy (non-hydrogen) atoms. The molecule has 186 valence electrons. The van der Waals surface area contributed by atoms with Crippen molar-refractivity contribution < 1.29 is 0 Å². The SMILES string of the molecule is CC(C)(C)CCN1CCN(C[C@@H]2CC[C@@H](c3ccc(Cl)cc3Cl)N(c3ccc(Cl)cc3)C2)CC1. The second-order valence-electron chi connectivity index (χ2n) is 11.2. The van der Waals surface area contributed by atoms with Crippen LogP contribution in [0.15, 0.2) is 42.5 Å². The van der Waals surface area contributed by atoms with E-state index < -0.39 is 0 Å². The Morgan fingerprint density at radius 3 is 2.12 bits per heavy atom. The molecule has 2 aromatic rings. The van der Waals surface area contributed by atoms with Crippen molar-refractivity contribution in [1.82, 2.24) is 9.80 Å². The van der Waals surface area contributed by atoms with E-state index >= 15 is 0 Å². The summed E-state index contributed by atoms with van der Waals surface area (Å²) >= 11 is 19.0. The van der Waals surface area contributed by atoms with Gasteiger partial charge in [-0.1, -0.05) is 61.6 Å². The highest BCUT2D eigenvalue weighted by atomic mass is 35.5.